The second-order valence-corrected chi connectivity index (χ2v) is 4.27. The third-order valence-corrected chi connectivity index (χ3v) is 2.79. The molecular weight excluding hydrogens is 280 g/mol. The van der Waals surface area contributed by atoms with Gasteiger partial charge in [-0.1, -0.05) is 0 Å². The van der Waals surface area contributed by atoms with Crippen LogP contribution in [0, 0.1) is 24.0 Å². The molecule has 0 aliphatic rings. The zero-order valence-corrected chi connectivity index (χ0v) is 11.5. The van der Waals surface area contributed by atoms with Crippen molar-refractivity contribution in [2.45, 2.75) is 25.3 Å². The molecule has 4 nitrogen and oxygen atoms in total. The molecule has 1 rings (SSSR count). The molecule has 1 aromatic carbocycles. The van der Waals surface area contributed by atoms with Crippen LogP contribution in [0.3, 0.4) is 0 Å². The van der Waals surface area contributed by atoms with E-state index in [-0.39, 0.29) is 5.56 Å². The largest absolute Gasteiger partial charge is 0.467 e. The van der Waals surface area contributed by atoms with Gasteiger partial charge in [0.15, 0.2) is 11.6 Å². The molecule has 0 bridgehead atoms. The van der Waals surface area contributed by atoms with E-state index in [1.165, 1.54) is 7.11 Å². The van der Waals surface area contributed by atoms with Gasteiger partial charge in [-0.2, -0.15) is 0 Å². The number of hydrogen-bond acceptors (Lipinski definition) is 3. The molecule has 0 unspecified atom stereocenters. The number of hydrogen-bond donors (Lipinski definition) is 1. The lowest BCUT2D eigenvalue weighted by atomic mass is 10.1. The maximum absolute atomic E-state index is 13.1. The van der Waals surface area contributed by atoms with E-state index < -0.39 is 29.6 Å². The fourth-order valence-corrected chi connectivity index (χ4v) is 1.68. The highest BCUT2D eigenvalue weighted by molar-refractivity contribution is 5.96. The van der Waals surface area contributed by atoms with Gasteiger partial charge in [0.25, 0.3) is 5.91 Å². The van der Waals surface area contributed by atoms with Gasteiger partial charge in [-0.05, 0) is 31.0 Å². The number of unbranched alkanes of at least 4 members (excludes halogenated alkanes) is 1. The first-order valence-corrected chi connectivity index (χ1v) is 6.26. The predicted molar refractivity (Wildman–Crippen MR) is 72.3 cm³/mol. The number of methoxy groups -OCH3 is 1. The Morgan fingerprint density at radius 1 is 1.38 bits per heavy atom. The van der Waals surface area contributed by atoms with Crippen LogP contribution >= 0.6 is 0 Å². The maximum atomic E-state index is 13.1. The third-order valence-electron chi connectivity index (χ3n) is 2.79. The summed E-state index contributed by atoms with van der Waals surface area (Å²) in [6.07, 6.45) is 6.39. The van der Waals surface area contributed by atoms with Crippen molar-refractivity contribution in [1.82, 2.24) is 5.32 Å². The summed E-state index contributed by atoms with van der Waals surface area (Å²) in [6.45, 7) is 0. The van der Waals surface area contributed by atoms with Gasteiger partial charge in [0.05, 0.1) is 7.11 Å². The number of carbonyl (C=O) groups excluding carboxylic acids is 2. The van der Waals surface area contributed by atoms with Crippen molar-refractivity contribution in [3.8, 4) is 12.3 Å². The number of terminal acetylenes is 1. The molecule has 0 aromatic heterocycles. The number of ether oxygens (including phenoxy) is 1. The van der Waals surface area contributed by atoms with Gasteiger partial charge in [0.1, 0.15) is 6.04 Å². The Bertz CT molecular complexity index is 567. The van der Waals surface area contributed by atoms with Crippen molar-refractivity contribution in [1.29, 1.82) is 0 Å². The number of halogens is 2. The Balaban J connectivity index is 2.77. The lowest BCUT2D eigenvalue weighted by molar-refractivity contribution is -0.143. The minimum Gasteiger partial charge on any atom is -0.467 e. The molecule has 0 saturated heterocycles. The number of carbonyl (C=O) groups is 2. The van der Waals surface area contributed by atoms with Crippen molar-refractivity contribution in [3.05, 3.63) is 35.4 Å². The standard InChI is InChI=1S/C15H15F2NO3/c1-3-4-5-6-13(15(20)21-2)18-14(19)10-7-8-11(16)12(17)9-10/h1,7-9,13H,4-6H2,2H3,(H,18,19)/t13-/m1/s1. The molecule has 0 aliphatic heterocycles. The Morgan fingerprint density at radius 2 is 2.10 bits per heavy atom. The van der Waals surface area contributed by atoms with E-state index in [1.54, 1.807) is 0 Å². The summed E-state index contributed by atoms with van der Waals surface area (Å²) in [7, 11) is 1.19. The van der Waals surface area contributed by atoms with Gasteiger partial charge >= 0.3 is 5.97 Å². The van der Waals surface area contributed by atoms with Crippen LogP contribution < -0.4 is 5.32 Å². The lowest BCUT2D eigenvalue weighted by Gasteiger charge is -2.16. The molecular formula is C15H15F2NO3. The number of rotatable bonds is 6. The molecule has 1 amide bonds. The Hall–Kier alpha value is -2.42. The monoisotopic (exact) mass is 295 g/mol. The van der Waals surface area contributed by atoms with E-state index in [1.807, 2.05) is 0 Å². The SMILES string of the molecule is C#CCCC[C@@H](NC(=O)c1ccc(F)c(F)c1)C(=O)OC. The van der Waals surface area contributed by atoms with Crippen LogP contribution in [0.2, 0.25) is 0 Å². The molecule has 0 radical (unpaired) electrons. The molecule has 21 heavy (non-hydrogen) atoms. The molecule has 0 heterocycles. The highest BCUT2D eigenvalue weighted by Crippen LogP contribution is 2.10. The summed E-state index contributed by atoms with van der Waals surface area (Å²) in [5.41, 5.74) is -0.0836. The predicted octanol–water partition coefficient (Wildman–Crippen LogP) is 2.04. The van der Waals surface area contributed by atoms with Crippen molar-refractivity contribution in [3.63, 3.8) is 0 Å². The molecule has 1 aromatic rings. The summed E-state index contributed by atoms with van der Waals surface area (Å²) >= 11 is 0. The minimum atomic E-state index is -1.13. The summed E-state index contributed by atoms with van der Waals surface area (Å²) in [5, 5.41) is 2.42. The average Bonchev–Trinajstić information content (AvgIpc) is 2.48. The first-order valence-electron chi connectivity index (χ1n) is 6.26. The van der Waals surface area contributed by atoms with Crippen LogP contribution in [0.1, 0.15) is 29.6 Å². The van der Waals surface area contributed by atoms with E-state index >= 15 is 0 Å². The fourth-order valence-electron chi connectivity index (χ4n) is 1.68. The van der Waals surface area contributed by atoms with Gasteiger partial charge < -0.3 is 10.1 Å². The fraction of sp³-hybridized carbons (Fsp3) is 0.333. The molecule has 112 valence electrons. The number of benzene rings is 1. The van der Waals surface area contributed by atoms with E-state index in [0.717, 1.165) is 18.2 Å². The average molecular weight is 295 g/mol. The zero-order valence-electron chi connectivity index (χ0n) is 11.5. The van der Waals surface area contributed by atoms with Crippen LogP contribution in [-0.4, -0.2) is 25.0 Å². The van der Waals surface area contributed by atoms with E-state index in [4.69, 9.17) is 6.42 Å². The molecule has 6 heteroatoms. The first-order chi connectivity index (χ1) is 9.99. The van der Waals surface area contributed by atoms with Gasteiger partial charge in [0, 0.05) is 12.0 Å². The first kappa shape index (κ1) is 16.6. The van der Waals surface area contributed by atoms with Crippen molar-refractivity contribution in [2.75, 3.05) is 7.11 Å². The minimum absolute atomic E-state index is 0.0836. The van der Waals surface area contributed by atoms with Crippen LogP contribution in [0.4, 0.5) is 8.78 Å². The lowest BCUT2D eigenvalue weighted by Crippen LogP contribution is -2.41. The maximum Gasteiger partial charge on any atom is 0.328 e. The second-order valence-electron chi connectivity index (χ2n) is 4.27. The molecule has 1 N–H and O–H groups in total. The number of amides is 1. The van der Waals surface area contributed by atoms with Gasteiger partial charge in [-0.15, -0.1) is 12.3 Å². The number of nitrogens with one attached hydrogen (secondary N) is 1. The van der Waals surface area contributed by atoms with E-state index in [9.17, 15) is 18.4 Å². The normalized spacial score (nSPS) is 11.3. The molecule has 1 atom stereocenters. The number of esters is 1. The van der Waals surface area contributed by atoms with Gasteiger partial charge in [-0.3, -0.25) is 4.79 Å². The Morgan fingerprint density at radius 3 is 2.67 bits per heavy atom. The molecule has 0 fully saturated rings. The summed E-state index contributed by atoms with van der Waals surface area (Å²) < 4.78 is 30.5. The van der Waals surface area contributed by atoms with E-state index in [0.29, 0.717) is 19.3 Å². The van der Waals surface area contributed by atoms with Crippen LogP contribution in [-0.2, 0) is 9.53 Å². The Kier molecular flexibility index (Phi) is 6.34. The van der Waals surface area contributed by atoms with Crippen LogP contribution in [0.25, 0.3) is 0 Å². The molecule has 0 spiro atoms. The third kappa shape index (κ3) is 4.88. The van der Waals surface area contributed by atoms with Gasteiger partial charge in [0.2, 0.25) is 0 Å². The highest BCUT2D eigenvalue weighted by Gasteiger charge is 2.22. The van der Waals surface area contributed by atoms with Crippen LogP contribution in [0.5, 0.6) is 0 Å². The van der Waals surface area contributed by atoms with E-state index in [2.05, 4.69) is 16.0 Å². The quantitative estimate of drug-likeness (QED) is 0.496. The second kappa shape index (κ2) is 8.00. The summed E-state index contributed by atoms with van der Waals surface area (Å²) in [5.74, 6) is -1.07. The molecule has 0 aliphatic carbocycles. The summed E-state index contributed by atoms with van der Waals surface area (Å²) in [6, 6.07) is 1.85. The van der Waals surface area contributed by atoms with Crippen molar-refractivity contribution < 1.29 is 23.1 Å². The zero-order chi connectivity index (χ0) is 15.8. The van der Waals surface area contributed by atoms with Crippen LogP contribution in [0.15, 0.2) is 18.2 Å². The Labute approximate surface area is 121 Å². The summed E-state index contributed by atoms with van der Waals surface area (Å²) in [4.78, 5) is 23.5. The topological polar surface area (TPSA) is 55.4 Å². The van der Waals surface area contributed by atoms with Crippen molar-refractivity contribution >= 4 is 11.9 Å². The van der Waals surface area contributed by atoms with Gasteiger partial charge in [-0.25, -0.2) is 13.6 Å². The smallest absolute Gasteiger partial charge is 0.328 e. The highest BCUT2D eigenvalue weighted by atomic mass is 19.2. The van der Waals surface area contributed by atoms with Crippen molar-refractivity contribution in [2.24, 2.45) is 0 Å². The molecule has 0 saturated carbocycles.